The van der Waals surface area contributed by atoms with E-state index in [1.807, 2.05) is 0 Å². The maximum absolute atomic E-state index is 10.7. The molecule has 0 aliphatic rings. The zero-order chi connectivity index (χ0) is 12.7. The van der Waals surface area contributed by atoms with Gasteiger partial charge in [0.15, 0.2) is 0 Å². The second kappa shape index (κ2) is 6.66. The number of hydrogen-bond acceptors (Lipinski definition) is 6. The Morgan fingerprint density at radius 2 is 2.12 bits per heavy atom. The van der Waals surface area contributed by atoms with Gasteiger partial charge in [-0.3, -0.25) is 10.1 Å². The predicted molar refractivity (Wildman–Crippen MR) is 61.3 cm³/mol. The van der Waals surface area contributed by atoms with E-state index in [1.165, 1.54) is 18.2 Å². The van der Waals surface area contributed by atoms with Crippen molar-refractivity contribution in [3.8, 4) is 5.75 Å². The second-order valence-electron chi connectivity index (χ2n) is 3.16. The summed E-state index contributed by atoms with van der Waals surface area (Å²) in [5.74, 6) is 0.421. The summed E-state index contributed by atoms with van der Waals surface area (Å²) in [5, 5.41) is 30.7. The number of nitrogens with one attached hydrogen (secondary N) is 1. The van der Waals surface area contributed by atoms with Crippen molar-refractivity contribution in [2.45, 2.75) is 0 Å². The third-order valence-electron chi connectivity index (χ3n) is 1.95. The van der Waals surface area contributed by atoms with E-state index in [4.69, 9.17) is 14.9 Å². The third-order valence-corrected chi connectivity index (χ3v) is 1.95. The van der Waals surface area contributed by atoms with Crippen molar-refractivity contribution in [3.63, 3.8) is 0 Å². The van der Waals surface area contributed by atoms with Crippen molar-refractivity contribution in [1.82, 2.24) is 0 Å². The van der Waals surface area contributed by atoms with Crippen LogP contribution in [-0.2, 0) is 0 Å². The molecule has 0 amide bonds. The Hall–Kier alpha value is -1.86. The second-order valence-corrected chi connectivity index (χ2v) is 3.16. The number of benzene rings is 1. The highest BCUT2D eigenvalue weighted by molar-refractivity contribution is 5.64. The predicted octanol–water partition coefficient (Wildman–Crippen LogP) is 0.370. The zero-order valence-corrected chi connectivity index (χ0v) is 9.13. The van der Waals surface area contributed by atoms with Gasteiger partial charge in [0.25, 0.3) is 5.69 Å². The summed E-state index contributed by atoms with van der Waals surface area (Å²) in [6.07, 6.45) is 0. The molecule has 0 aliphatic heterocycles. The van der Waals surface area contributed by atoms with E-state index in [2.05, 4.69) is 5.32 Å². The first-order chi connectivity index (χ1) is 8.19. The van der Waals surface area contributed by atoms with Gasteiger partial charge in [-0.25, -0.2) is 0 Å². The van der Waals surface area contributed by atoms with Crippen LogP contribution in [0.3, 0.4) is 0 Å². The summed E-state index contributed by atoms with van der Waals surface area (Å²) in [7, 11) is 0. The maximum atomic E-state index is 10.7. The van der Waals surface area contributed by atoms with Crippen LogP contribution in [0.5, 0.6) is 5.75 Å². The number of aliphatic hydroxyl groups excluding tert-OH is 2. The van der Waals surface area contributed by atoms with E-state index >= 15 is 0 Å². The molecule has 0 saturated carbocycles. The summed E-state index contributed by atoms with van der Waals surface area (Å²) in [5.41, 5.74) is 0.189. The van der Waals surface area contributed by atoms with Crippen molar-refractivity contribution < 1.29 is 19.9 Å². The molecule has 7 nitrogen and oxygen atoms in total. The van der Waals surface area contributed by atoms with Gasteiger partial charge in [-0.15, -0.1) is 0 Å². The lowest BCUT2D eigenvalue weighted by Gasteiger charge is -2.08. The average Bonchev–Trinajstić information content (AvgIpc) is 2.33. The van der Waals surface area contributed by atoms with Crippen molar-refractivity contribution in [1.29, 1.82) is 0 Å². The first-order valence-electron chi connectivity index (χ1n) is 5.06. The highest BCUT2D eigenvalue weighted by atomic mass is 16.6. The van der Waals surface area contributed by atoms with Gasteiger partial charge < -0.3 is 20.3 Å². The first kappa shape index (κ1) is 13.2. The number of nitro groups is 1. The molecule has 0 unspecified atom stereocenters. The summed E-state index contributed by atoms with van der Waals surface area (Å²) < 4.78 is 5.14. The molecule has 3 N–H and O–H groups in total. The van der Waals surface area contributed by atoms with Gasteiger partial charge in [0.05, 0.1) is 18.1 Å². The highest BCUT2D eigenvalue weighted by Crippen LogP contribution is 2.28. The summed E-state index contributed by atoms with van der Waals surface area (Å²) in [6, 6.07) is 4.23. The largest absolute Gasteiger partial charge is 0.491 e. The Kier molecular flexibility index (Phi) is 5.18. The molecule has 0 atom stereocenters. The molecule has 7 heteroatoms. The van der Waals surface area contributed by atoms with Crippen LogP contribution >= 0.6 is 0 Å². The molecule has 1 rings (SSSR count). The van der Waals surface area contributed by atoms with Crippen molar-refractivity contribution in [3.05, 3.63) is 28.3 Å². The molecule has 1 aromatic carbocycles. The van der Waals surface area contributed by atoms with E-state index < -0.39 is 4.92 Å². The van der Waals surface area contributed by atoms with E-state index in [0.29, 0.717) is 5.75 Å². The molecular weight excluding hydrogens is 228 g/mol. The Morgan fingerprint density at radius 1 is 1.35 bits per heavy atom. The number of anilines is 1. The molecule has 0 radical (unpaired) electrons. The van der Waals surface area contributed by atoms with Crippen LogP contribution in [0.1, 0.15) is 0 Å². The summed E-state index contributed by atoms with van der Waals surface area (Å²) in [4.78, 5) is 10.2. The number of nitro benzene ring substituents is 1. The Balaban J connectivity index is 2.88. The van der Waals surface area contributed by atoms with E-state index in [1.54, 1.807) is 0 Å². The number of nitrogens with zero attached hydrogens (tertiary/aromatic N) is 1. The SMILES string of the molecule is O=[N+]([O-])c1ccc(OCCO)cc1NCCO. The van der Waals surface area contributed by atoms with Crippen LogP contribution in [-0.4, -0.2) is 41.5 Å². The minimum absolute atomic E-state index is 0.0881. The van der Waals surface area contributed by atoms with Crippen molar-refractivity contribution in [2.75, 3.05) is 31.7 Å². The summed E-state index contributed by atoms with van der Waals surface area (Å²) >= 11 is 0. The van der Waals surface area contributed by atoms with E-state index in [9.17, 15) is 10.1 Å². The Morgan fingerprint density at radius 3 is 2.71 bits per heavy atom. The smallest absolute Gasteiger partial charge is 0.292 e. The number of aliphatic hydroxyl groups is 2. The van der Waals surface area contributed by atoms with E-state index in [0.717, 1.165) is 0 Å². The molecule has 0 fully saturated rings. The molecule has 1 aromatic rings. The lowest BCUT2D eigenvalue weighted by Crippen LogP contribution is -2.08. The fourth-order valence-corrected chi connectivity index (χ4v) is 1.26. The number of hydrogen-bond donors (Lipinski definition) is 3. The fraction of sp³-hybridized carbons (Fsp3) is 0.400. The van der Waals surface area contributed by atoms with Crippen LogP contribution in [0.4, 0.5) is 11.4 Å². The standard InChI is InChI=1S/C10H14N2O5/c13-4-3-11-9-7-8(17-6-5-14)1-2-10(9)12(15)16/h1-2,7,11,13-14H,3-6H2. The average molecular weight is 242 g/mol. The number of rotatable bonds is 7. The van der Waals surface area contributed by atoms with Gasteiger partial charge in [-0.05, 0) is 6.07 Å². The quantitative estimate of drug-likeness (QED) is 0.471. The topological polar surface area (TPSA) is 105 Å². The van der Waals surface area contributed by atoms with Crippen LogP contribution < -0.4 is 10.1 Å². The summed E-state index contributed by atoms with van der Waals surface area (Å²) in [6.45, 7) is 0.0802. The molecule has 0 aromatic heterocycles. The van der Waals surface area contributed by atoms with Gasteiger partial charge >= 0.3 is 0 Å². The highest BCUT2D eigenvalue weighted by Gasteiger charge is 2.14. The van der Waals surface area contributed by atoms with Gasteiger partial charge in [0, 0.05) is 18.7 Å². The van der Waals surface area contributed by atoms with Gasteiger partial charge in [-0.1, -0.05) is 0 Å². The van der Waals surface area contributed by atoms with Gasteiger partial charge in [0.2, 0.25) is 0 Å². The zero-order valence-electron chi connectivity index (χ0n) is 9.13. The molecule has 94 valence electrons. The molecule has 0 spiro atoms. The normalized spacial score (nSPS) is 10.0. The maximum Gasteiger partial charge on any atom is 0.292 e. The lowest BCUT2D eigenvalue weighted by molar-refractivity contribution is -0.384. The third kappa shape index (κ3) is 3.89. The molecule has 17 heavy (non-hydrogen) atoms. The molecule has 0 bridgehead atoms. The minimum atomic E-state index is -0.518. The van der Waals surface area contributed by atoms with Crippen LogP contribution in [0, 0.1) is 10.1 Å². The fourth-order valence-electron chi connectivity index (χ4n) is 1.26. The van der Waals surface area contributed by atoms with Gasteiger partial charge in [-0.2, -0.15) is 0 Å². The number of ether oxygens (including phenoxy) is 1. The first-order valence-corrected chi connectivity index (χ1v) is 5.06. The van der Waals surface area contributed by atoms with Crippen LogP contribution in [0.25, 0.3) is 0 Å². The van der Waals surface area contributed by atoms with Crippen molar-refractivity contribution in [2.24, 2.45) is 0 Å². The van der Waals surface area contributed by atoms with E-state index in [-0.39, 0.29) is 37.7 Å². The van der Waals surface area contributed by atoms with Crippen LogP contribution in [0.15, 0.2) is 18.2 Å². The van der Waals surface area contributed by atoms with Crippen molar-refractivity contribution >= 4 is 11.4 Å². The molecule has 0 saturated heterocycles. The lowest BCUT2D eigenvalue weighted by atomic mass is 10.2. The van der Waals surface area contributed by atoms with Crippen LogP contribution in [0.2, 0.25) is 0 Å². The molecule has 0 heterocycles. The molecular formula is C10H14N2O5. The Labute approximate surface area is 97.8 Å². The monoisotopic (exact) mass is 242 g/mol. The Bertz CT molecular complexity index is 383. The molecule has 0 aliphatic carbocycles. The van der Waals surface area contributed by atoms with Gasteiger partial charge in [0.1, 0.15) is 18.0 Å². The minimum Gasteiger partial charge on any atom is -0.491 e.